The summed E-state index contributed by atoms with van der Waals surface area (Å²) in [5.74, 6) is -0.181. The van der Waals surface area contributed by atoms with Crippen LogP contribution >= 0.6 is 11.3 Å². The summed E-state index contributed by atoms with van der Waals surface area (Å²) in [5, 5.41) is 7.72. The van der Waals surface area contributed by atoms with Crippen LogP contribution in [0.25, 0.3) is 11.3 Å². The summed E-state index contributed by atoms with van der Waals surface area (Å²) in [5.41, 5.74) is -0.509. The van der Waals surface area contributed by atoms with E-state index in [1.165, 1.54) is 23.6 Å². The molecule has 1 atom stereocenters. The first-order valence-electron chi connectivity index (χ1n) is 7.59. The molecule has 0 saturated carbocycles. The van der Waals surface area contributed by atoms with Gasteiger partial charge in [-0.05, 0) is 25.5 Å². The maximum absolute atomic E-state index is 13.1. The fourth-order valence-corrected chi connectivity index (χ4v) is 3.46. The van der Waals surface area contributed by atoms with E-state index in [1.807, 2.05) is 0 Å². The van der Waals surface area contributed by atoms with Gasteiger partial charge in [0.05, 0.1) is 11.3 Å². The second-order valence-corrected chi connectivity index (χ2v) is 6.48. The number of carbonyl (C=O) groups excluding carboxylic acids is 1. The van der Waals surface area contributed by atoms with Crippen molar-refractivity contribution in [1.29, 1.82) is 0 Å². The maximum atomic E-state index is 13.1. The van der Waals surface area contributed by atoms with E-state index >= 15 is 0 Å². The van der Waals surface area contributed by atoms with Crippen molar-refractivity contribution in [3.8, 4) is 11.3 Å². The van der Waals surface area contributed by atoms with Gasteiger partial charge in [0, 0.05) is 23.4 Å². The number of alkyl halides is 3. The van der Waals surface area contributed by atoms with E-state index in [0.29, 0.717) is 11.6 Å². The molecule has 1 aliphatic rings. The van der Waals surface area contributed by atoms with Crippen molar-refractivity contribution in [2.45, 2.75) is 31.5 Å². The van der Waals surface area contributed by atoms with E-state index in [-0.39, 0.29) is 23.2 Å². The Labute approximate surface area is 141 Å². The molecule has 128 valence electrons. The lowest BCUT2D eigenvalue weighted by molar-refractivity contribution is -0.137. The number of halogens is 3. The zero-order valence-electron chi connectivity index (χ0n) is 12.7. The molecule has 1 aromatic carbocycles. The number of aromatic nitrogens is 1. The van der Waals surface area contributed by atoms with Crippen LogP contribution in [-0.2, 0) is 11.0 Å². The average molecular weight is 355 g/mol. The van der Waals surface area contributed by atoms with Crippen LogP contribution in [0, 0.1) is 0 Å². The zero-order valence-corrected chi connectivity index (χ0v) is 13.5. The predicted octanol–water partition coefficient (Wildman–Crippen LogP) is 3.91. The molecule has 2 N–H and O–H groups in total. The van der Waals surface area contributed by atoms with Crippen LogP contribution in [0.15, 0.2) is 29.6 Å². The topological polar surface area (TPSA) is 54.0 Å². The Kier molecular flexibility index (Phi) is 4.86. The minimum atomic E-state index is -4.45. The maximum Gasteiger partial charge on any atom is 0.417 e. The normalized spacial score (nSPS) is 17.9. The fraction of sp³-hybridized carbons (Fsp3) is 0.375. The van der Waals surface area contributed by atoms with Gasteiger partial charge in [0.25, 0.3) is 0 Å². The van der Waals surface area contributed by atoms with E-state index in [2.05, 4.69) is 15.6 Å². The van der Waals surface area contributed by atoms with Crippen molar-refractivity contribution < 1.29 is 18.0 Å². The molecular formula is C16H16F3N3OS. The van der Waals surface area contributed by atoms with Gasteiger partial charge in [0.2, 0.25) is 5.91 Å². The van der Waals surface area contributed by atoms with E-state index in [4.69, 9.17) is 0 Å². The van der Waals surface area contributed by atoms with E-state index in [0.717, 1.165) is 36.8 Å². The molecule has 1 amide bonds. The monoisotopic (exact) mass is 355 g/mol. The Balaban J connectivity index is 1.73. The Morgan fingerprint density at radius 1 is 1.38 bits per heavy atom. The van der Waals surface area contributed by atoms with Crippen molar-refractivity contribution in [3.63, 3.8) is 0 Å². The highest BCUT2D eigenvalue weighted by Crippen LogP contribution is 2.37. The van der Waals surface area contributed by atoms with Crippen LogP contribution in [0.5, 0.6) is 0 Å². The van der Waals surface area contributed by atoms with Crippen molar-refractivity contribution >= 4 is 22.4 Å². The Hall–Kier alpha value is -1.93. The molecule has 0 bridgehead atoms. The van der Waals surface area contributed by atoms with Crippen molar-refractivity contribution in [2.24, 2.45) is 0 Å². The molecule has 8 heteroatoms. The number of hydrogen-bond donors (Lipinski definition) is 2. The number of thiazole rings is 1. The van der Waals surface area contributed by atoms with Crippen molar-refractivity contribution in [3.05, 3.63) is 35.2 Å². The van der Waals surface area contributed by atoms with E-state index in [1.54, 1.807) is 0 Å². The SMILES string of the molecule is O=C(CC1CCCN1)Nc1nc(-c2ccccc2C(F)(F)F)cs1. The summed E-state index contributed by atoms with van der Waals surface area (Å²) in [6, 6.07) is 5.45. The third-order valence-corrected chi connectivity index (χ3v) is 4.61. The summed E-state index contributed by atoms with van der Waals surface area (Å²) in [4.78, 5) is 16.1. The third kappa shape index (κ3) is 3.93. The number of anilines is 1. The molecular weight excluding hydrogens is 339 g/mol. The van der Waals surface area contributed by atoms with Crippen LogP contribution in [-0.4, -0.2) is 23.5 Å². The molecule has 1 fully saturated rings. The summed E-state index contributed by atoms with van der Waals surface area (Å²) < 4.78 is 39.2. The minimum absolute atomic E-state index is 0.0132. The van der Waals surface area contributed by atoms with Gasteiger partial charge in [0.15, 0.2) is 5.13 Å². The zero-order chi connectivity index (χ0) is 17.2. The van der Waals surface area contributed by atoms with Crippen LogP contribution in [0.2, 0.25) is 0 Å². The standard InChI is InChI=1S/C16H16F3N3OS/c17-16(18,19)12-6-2-1-5-11(12)13-9-24-15(21-13)22-14(23)8-10-4-3-7-20-10/h1-2,5-6,9-10,20H,3-4,7-8H2,(H,21,22,23). The first-order chi connectivity index (χ1) is 11.4. The summed E-state index contributed by atoms with van der Waals surface area (Å²) in [6.07, 6.45) is -2.10. The predicted molar refractivity (Wildman–Crippen MR) is 86.8 cm³/mol. The van der Waals surface area contributed by atoms with Gasteiger partial charge in [-0.2, -0.15) is 13.2 Å². The number of amides is 1. The highest BCUT2D eigenvalue weighted by atomic mass is 32.1. The second-order valence-electron chi connectivity index (χ2n) is 5.63. The minimum Gasteiger partial charge on any atom is -0.313 e. The molecule has 1 unspecified atom stereocenters. The molecule has 24 heavy (non-hydrogen) atoms. The fourth-order valence-electron chi connectivity index (χ4n) is 2.73. The smallest absolute Gasteiger partial charge is 0.313 e. The van der Waals surface area contributed by atoms with Gasteiger partial charge < -0.3 is 10.6 Å². The molecule has 2 heterocycles. The van der Waals surface area contributed by atoms with Crippen molar-refractivity contribution in [1.82, 2.24) is 10.3 Å². The second kappa shape index (κ2) is 6.90. The number of rotatable bonds is 4. The number of hydrogen-bond acceptors (Lipinski definition) is 4. The largest absolute Gasteiger partial charge is 0.417 e. The Morgan fingerprint density at radius 2 is 2.17 bits per heavy atom. The Bertz CT molecular complexity index is 723. The molecule has 1 saturated heterocycles. The first kappa shape index (κ1) is 16.9. The quantitative estimate of drug-likeness (QED) is 0.874. The lowest BCUT2D eigenvalue weighted by atomic mass is 10.1. The first-order valence-corrected chi connectivity index (χ1v) is 8.47. The molecule has 1 aliphatic heterocycles. The number of nitrogens with one attached hydrogen (secondary N) is 2. The molecule has 3 rings (SSSR count). The van der Waals surface area contributed by atoms with Gasteiger partial charge in [-0.1, -0.05) is 18.2 Å². The number of benzene rings is 1. The average Bonchev–Trinajstić information content (AvgIpc) is 3.18. The molecule has 2 aromatic rings. The van der Waals surface area contributed by atoms with Crippen LogP contribution in [0.3, 0.4) is 0 Å². The van der Waals surface area contributed by atoms with E-state index < -0.39 is 11.7 Å². The van der Waals surface area contributed by atoms with Gasteiger partial charge in [-0.3, -0.25) is 4.79 Å². The van der Waals surface area contributed by atoms with E-state index in [9.17, 15) is 18.0 Å². The molecule has 1 aromatic heterocycles. The molecule has 0 aliphatic carbocycles. The molecule has 0 spiro atoms. The highest BCUT2D eigenvalue weighted by Gasteiger charge is 2.33. The molecule has 0 radical (unpaired) electrons. The molecule has 4 nitrogen and oxygen atoms in total. The highest BCUT2D eigenvalue weighted by molar-refractivity contribution is 7.14. The Morgan fingerprint density at radius 3 is 2.88 bits per heavy atom. The van der Waals surface area contributed by atoms with Gasteiger partial charge in [0.1, 0.15) is 0 Å². The van der Waals surface area contributed by atoms with Crippen LogP contribution in [0.1, 0.15) is 24.8 Å². The van der Waals surface area contributed by atoms with Gasteiger partial charge in [-0.25, -0.2) is 4.98 Å². The lowest BCUT2D eigenvalue weighted by Gasteiger charge is -2.11. The van der Waals surface area contributed by atoms with Crippen molar-refractivity contribution in [2.75, 3.05) is 11.9 Å². The van der Waals surface area contributed by atoms with Gasteiger partial charge in [-0.15, -0.1) is 11.3 Å². The van der Waals surface area contributed by atoms with Crippen LogP contribution in [0.4, 0.5) is 18.3 Å². The summed E-state index contributed by atoms with van der Waals surface area (Å²) in [6.45, 7) is 0.910. The number of nitrogens with zero attached hydrogens (tertiary/aromatic N) is 1. The summed E-state index contributed by atoms with van der Waals surface area (Å²) in [7, 11) is 0. The lowest BCUT2D eigenvalue weighted by Crippen LogP contribution is -2.27. The third-order valence-electron chi connectivity index (χ3n) is 3.85. The summed E-state index contributed by atoms with van der Waals surface area (Å²) >= 11 is 1.12. The van der Waals surface area contributed by atoms with Crippen LogP contribution < -0.4 is 10.6 Å². The number of carbonyl (C=O) groups is 1. The van der Waals surface area contributed by atoms with Gasteiger partial charge >= 0.3 is 6.18 Å².